The van der Waals surface area contributed by atoms with Gasteiger partial charge in [-0.1, -0.05) is 179 Å². The molecule has 3 nitrogen and oxygen atoms in total. The maximum Gasteiger partial charge on any atom is 0.249 e. The Bertz CT molecular complexity index is 4090. The number of benzene rings is 9. The van der Waals surface area contributed by atoms with Crippen molar-refractivity contribution in [3.63, 3.8) is 0 Å². The summed E-state index contributed by atoms with van der Waals surface area (Å²) in [6.07, 6.45) is 0. The highest BCUT2D eigenvalue weighted by molar-refractivity contribution is 8.00. The summed E-state index contributed by atoms with van der Waals surface area (Å²) in [4.78, 5) is 5.43. The fourth-order valence-electron chi connectivity index (χ4n) is 13.0. The Hall–Kier alpha value is -6.79. The number of aromatic nitrogens is 3. The highest BCUT2D eigenvalue weighted by atomic mass is 32.2. The molecule has 4 aliphatic rings. The first kappa shape index (κ1) is 39.1. The predicted molar refractivity (Wildman–Crippen MR) is 297 cm³/mol. The highest BCUT2D eigenvalue weighted by Crippen LogP contribution is 2.46. The Morgan fingerprint density at radius 2 is 0.783 bits per heavy atom. The summed E-state index contributed by atoms with van der Waals surface area (Å²) in [6, 6.07) is 63.6. The van der Waals surface area contributed by atoms with Gasteiger partial charge in [-0.15, -0.1) is 0 Å². The molecule has 7 heterocycles. The second kappa shape index (κ2) is 13.1. The highest BCUT2D eigenvalue weighted by Gasteiger charge is 2.43. The molecule has 0 spiro atoms. The molecule has 0 atom stereocenters. The SMILES string of the molecule is CC(C)(C)c1cc2c3c(c1)-n1c4ccccc4c4cccc(c41)B3c1cc3c4cc5c(cc4n(-c4ccccc4)c3cc1S2)Sc1cc(C(C)(C)C)cc2c1B5c1cccc3c4ccccc4n-2c13. The zero-order valence-corrected chi connectivity index (χ0v) is 41.0. The van der Waals surface area contributed by atoms with Gasteiger partial charge in [0.05, 0.1) is 22.1 Å². The third kappa shape index (κ3) is 5.00. The van der Waals surface area contributed by atoms with E-state index in [-0.39, 0.29) is 24.3 Å². The minimum absolute atomic E-state index is 0.0170. The lowest BCUT2D eigenvalue weighted by molar-refractivity contribution is 0.588. The molecular formula is C62H45B2N3S2. The molecule has 0 unspecified atom stereocenters. The van der Waals surface area contributed by atoms with Crippen molar-refractivity contribution in [2.45, 2.75) is 72.0 Å². The first-order valence-electron chi connectivity index (χ1n) is 24.5. The molecule has 0 N–H and O–H groups in total. The number of para-hydroxylation sites is 5. The third-order valence-corrected chi connectivity index (χ3v) is 18.5. The van der Waals surface area contributed by atoms with E-state index >= 15 is 0 Å². The molecule has 0 aliphatic carbocycles. The molecule has 69 heavy (non-hydrogen) atoms. The van der Waals surface area contributed by atoms with Gasteiger partial charge in [0.15, 0.2) is 0 Å². The molecule has 0 radical (unpaired) electrons. The van der Waals surface area contributed by atoms with Crippen molar-refractivity contribution in [2.24, 2.45) is 0 Å². The van der Waals surface area contributed by atoms with Crippen molar-refractivity contribution < 1.29 is 0 Å². The van der Waals surface area contributed by atoms with E-state index in [9.17, 15) is 0 Å². The van der Waals surface area contributed by atoms with Gasteiger partial charge in [0, 0.05) is 80.0 Å². The van der Waals surface area contributed by atoms with Gasteiger partial charge in [-0.2, -0.15) is 0 Å². The summed E-state index contributed by atoms with van der Waals surface area (Å²) in [5.41, 5.74) is 22.8. The van der Waals surface area contributed by atoms with Crippen LogP contribution in [-0.2, 0) is 10.8 Å². The Labute approximate surface area is 410 Å². The first-order chi connectivity index (χ1) is 33.5. The summed E-state index contributed by atoms with van der Waals surface area (Å²) in [7, 11) is 0. The topological polar surface area (TPSA) is 14.8 Å². The molecule has 16 rings (SSSR count). The van der Waals surface area contributed by atoms with E-state index in [4.69, 9.17) is 0 Å². The molecule has 9 aromatic carbocycles. The van der Waals surface area contributed by atoms with Crippen LogP contribution >= 0.6 is 23.5 Å². The monoisotopic (exact) mass is 917 g/mol. The molecule has 0 saturated carbocycles. The maximum atomic E-state index is 2.61. The molecule has 326 valence electrons. The Kier molecular flexibility index (Phi) is 7.42. The van der Waals surface area contributed by atoms with E-state index in [0.29, 0.717) is 0 Å². The summed E-state index contributed by atoms with van der Waals surface area (Å²) in [5, 5.41) is 7.92. The van der Waals surface area contributed by atoms with Gasteiger partial charge in [0.25, 0.3) is 0 Å². The van der Waals surface area contributed by atoms with E-state index in [1.54, 1.807) is 0 Å². The van der Waals surface area contributed by atoms with Crippen molar-refractivity contribution in [2.75, 3.05) is 0 Å². The average molecular weight is 918 g/mol. The Morgan fingerprint density at radius 1 is 0.348 bits per heavy atom. The van der Waals surface area contributed by atoms with Crippen LogP contribution in [0.2, 0.25) is 0 Å². The van der Waals surface area contributed by atoms with Crippen LogP contribution in [0.1, 0.15) is 52.7 Å². The van der Waals surface area contributed by atoms with Crippen molar-refractivity contribution in [1.82, 2.24) is 13.7 Å². The second-order valence-electron chi connectivity index (χ2n) is 22.1. The molecule has 0 fully saturated rings. The number of hydrogen-bond acceptors (Lipinski definition) is 2. The summed E-state index contributed by atoms with van der Waals surface area (Å²) in [6.45, 7) is 14.3. The second-order valence-corrected chi connectivity index (χ2v) is 24.2. The van der Waals surface area contributed by atoms with Crippen LogP contribution in [0.5, 0.6) is 0 Å². The Morgan fingerprint density at radius 3 is 1.25 bits per heavy atom. The smallest absolute Gasteiger partial charge is 0.249 e. The van der Waals surface area contributed by atoms with Gasteiger partial charge < -0.3 is 13.7 Å². The minimum atomic E-state index is -0.0170. The average Bonchev–Trinajstić information content (AvgIpc) is 3.98. The van der Waals surface area contributed by atoms with Crippen molar-refractivity contribution in [3.8, 4) is 17.1 Å². The summed E-state index contributed by atoms with van der Waals surface area (Å²) < 4.78 is 7.76. The minimum Gasteiger partial charge on any atom is -0.310 e. The van der Waals surface area contributed by atoms with Gasteiger partial charge in [0.1, 0.15) is 0 Å². The van der Waals surface area contributed by atoms with Gasteiger partial charge in [0.2, 0.25) is 13.4 Å². The van der Waals surface area contributed by atoms with E-state index in [2.05, 4.69) is 219 Å². The van der Waals surface area contributed by atoms with Gasteiger partial charge in [-0.3, -0.25) is 0 Å². The molecule has 0 amide bonds. The maximum absolute atomic E-state index is 2.61. The standard InChI is InChI=1S/C62H45B2N3S2/c1-61(2,3)34-26-51-57-55(28-34)68-53-32-49-41(30-45(53)63(57)43-22-14-20-39-37-18-10-12-24-47(37)66(51)59(39)43)42-31-46-54(33-50(42)65(49)36-16-8-7-9-17-36)69-56-29-35(62(4,5)6)27-52-58(56)64(46)44-23-15-21-40-38-19-11-13-25-48(38)67(52)60(40)44/h7-33H,1-6H3. The lowest BCUT2D eigenvalue weighted by Crippen LogP contribution is -2.59. The van der Waals surface area contributed by atoms with Crippen LogP contribution in [-0.4, -0.2) is 27.1 Å². The lowest BCUT2D eigenvalue weighted by atomic mass is 9.35. The van der Waals surface area contributed by atoms with Gasteiger partial charge >= 0.3 is 0 Å². The molecule has 12 aromatic rings. The van der Waals surface area contributed by atoms with Crippen LogP contribution in [0.15, 0.2) is 183 Å². The normalized spacial score (nSPS) is 14.3. The van der Waals surface area contributed by atoms with Gasteiger partial charge in [-0.25, -0.2) is 0 Å². The zero-order valence-electron chi connectivity index (χ0n) is 39.4. The van der Waals surface area contributed by atoms with Crippen molar-refractivity contribution in [1.29, 1.82) is 0 Å². The van der Waals surface area contributed by atoms with Crippen molar-refractivity contribution in [3.05, 3.63) is 175 Å². The molecular weight excluding hydrogens is 872 g/mol. The van der Waals surface area contributed by atoms with Crippen LogP contribution in [0.3, 0.4) is 0 Å². The van der Waals surface area contributed by atoms with Crippen molar-refractivity contribution >= 4 is 135 Å². The Balaban J connectivity index is 1.01. The number of hydrogen-bond donors (Lipinski definition) is 0. The molecule has 4 aliphatic heterocycles. The third-order valence-electron chi connectivity index (χ3n) is 16.2. The molecule has 0 saturated heterocycles. The first-order valence-corrected chi connectivity index (χ1v) is 26.1. The number of fused-ring (bicyclic) bond motifs is 17. The number of nitrogens with zero attached hydrogens (tertiary/aromatic N) is 3. The zero-order chi connectivity index (χ0) is 46.0. The fraction of sp³-hybridized carbons (Fsp3) is 0.129. The van der Waals surface area contributed by atoms with E-state index in [0.717, 1.165) is 0 Å². The fourth-order valence-corrected chi connectivity index (χ4v) is 15.5. The van der Waals surface area contributed by atoms with E-state index in [1.807, 2.05) is 23.5 Å². The van der Waals surface area contributed by atoms with Crippen LogP contribution in [0.4, 0.5) is 0 Å². The largest absolute Gasteiger partial charge is 0.310 e. The van der Waals surface area contributed by atoms with E-state index in [1.165, 1.54) is 146 Å². The molecule has 0 bridgehead atoms. The summed E-state index contributed by atoms with van der Waals surface area (Å²) >= 11 is 3.95. The van der Waals surface area contributed by atoms with Crippen LogP contribution in [0.25, 0.3) is 82.5 Å². The lowest BCUT2D eigenvalue weighted by Gasteiger charge is -2.35. The quantitative estimate of drug-likeness (QED) is 0.152. The van der Waals surface area contributed by atoms with E-state index < -0.39 is 0 Å². The summed E-state index contributed by atoms with van der Waals surface area (Å²) in [5.74, 6) is 0. The number of rotatable bonds is 1. The predicted octanol–water partition coefficient (Wildman–Crippen LogP) is 12.2. The molecule has 7 heteroatoms. The van der Waals surface area contributed by atoms with Crippen LogP contribution < -0.4 is 32.8 Å². The van der Waals surface area contributed by atoms with Gasteiger partial charge in [-0.05, 0) is 104 Å². The molecule has 3 aromatic heterocycles. The van der Waals surface area contributed by atoms with Crippen LogP contribution in [0, 0.1) is 0 Å².